The maximum Gasteiger partial charge on any atom is 0.320 e. The standard InChI is InChI=1S/C10H12N6O2/c1-14-6-2-7(4-15(3-6)10(14)18)16-5-8(9(11)17)12-13-16/h2,5-6H,3-4H2,1H3,(H2,11,17). The molecule has 1 fully saturated rings. The highest BCUT2D eigenvalue weighted by Crippen LogP contribution is 2.24. The number of nitrogens with two attached hydrogens (primary N) is 1. The molecule has 2 bridgehead atoms. The van der Waals surface area contributed by atoms with Crippen LogP contribution in [0.3, 0.4) is 0 Å². The van der Waals surface area contributed by atoms with Crippen molar-refractivity contribution in [3.05, 3.63) is 18.0 Å². The number of hydrogen-bond donors (Lipinski definition) is 1. The summed E-state index contributed by atoms with van der Waals surface area (Å²) in [7, 11) is 1.77. The summed E-state index contributed by atoms with van der Waals surface area (Å²) in [5.41, 5.74) is 6.06. The molecule has 1 unspecified atom stereocenters. The molecule has 8 nitrogen and oxygen atoms in total. The predicted molar refractivity (Wildman–Crippen MR) is 61.3 cm³/mol. The van der Waals surface area contributed by atoms with E-state index in [1.807, 2.05) is 6.08 Å². The summed E-state index contributed by atoms with van der Waals surface area (Å²) in [6.45, 7) is 1.15. The SMILES string of the molecule is CN1C(=O)N2CC(n3cc(C(N)=O)nn3)=CC1C2. The van der Waals surface area contributed by atoms with Crippen LogP contribution < -0.4 is 5.73 Å². The van der Waals surface area contributed by atoms with Crippen LogP contribution in [0.2, 0.25) is 0 Å². The number of hydrogen-bond acceptors (Lipinski definition) is 4. The molecule has 8 heteroatoms. The molecule has 3 rings (SSSR count). The van der Waals surface area contributed by atoms with E-state index in [-0.39, 0.29) is 17.8 Å². The summed E-state index contributed by atoms with van der Waals surface area (Å²) in [5.74, 6) is -0.617. The van der Waals surface area contributed by atoms with E-state index >= 15 is 0 Å². The van der Waals surface area contributed by atoms with Crippen LogP contribution in [0.15, 0.2) is 12.3 Å². The van der Waals surface area contributed by atoms with Gasteiger partial charge in [0, 0.05) is 13.6 Å². The summed E-state index contributed by atoms with van der Waals surface area (Å²) >= 11 is 0. The van der Waals surface area contributed by atoms with Crippen LogP contribution in [0, 0.1) is 0 Å². The van der Waals surface area contributed by atoms with E-state index in [2.05, 4.69) is 10.3 Å². The van der Waals surface area contributed by atoms with Crippen LogP contribution in [-0.4, -0.2) is 62.9 Å². The average molecular weight is 248 g/mol. The monoisotopic (exact) mass is 248 g/mol. The molecule has 0 aromatic carbocycles. The fourth-order valence-electron chi connectivity index (χ4n) is 2.22. The van der Waals surface area contributed by atoms with Crippen LogP contribution in [0.4, 0.5) is 4.79 Å². The molecule has 94 valence electrons. The van der Waals surface area contributed by atoms with E-state index in [0.29, 0.717) is 13.1 Å². The van der Waals surface area contributed by atoms with Crippen molar-refractivity contribution in [2.24, 2.45) is 5.73 Å². The highest BCUT2D eigenvalue weighted by molar-refractivity contribution is 5.90. The predicted octanol–water partition coefficient (Wildman–Crippen LogP) is -1.03. The molecule has 2 N–H and O–H groups in total. The summed E-state index contributed by atoms with van der Waals surface area (Å²) in [5, 5.41) is 7.53. The zero-order valence-electron chi connectivity index (χ0n) is 9.78. The Balaban J connectivity index is 1.92. The normalized spacial score (nSPS) is 22.4. The molecule has 1 saturated heterocycles. The number of primary amides is 1. The van der Waals surface area contributed by atoms with Crippen molar-refractivity contribution < 1.29 is 9.59 Å². The first kappa shape index (κ1) is 10.8. The molecule has 0 radical (unpaired) electrons. The average Bonchev–Trinajstić information content (AvgIpc) is 2.91. The molecule has 0 aliphatic carbocycles. The number of aromatic nitrogens is 3. The van der Waals surface area contributed by atoms with E-state index in [1.54, 1.807) is 16.8 Å². The van der Waals surface area contributed by atoms with Crippen LogP contribution >= 0.6 is 0 Å². The van der Waals surface area contributed by atoms with Gasteiger partial charge in [-0.25, -0.2) is 9.48 Å². The lowest BCUT2D eigenvalue weighted by atomic mass is 10.2. The minimum absolute atomic E-state index is 0.00138. The number of urea groups is 1. The molecule has 3 heterocycles. The molecule has 2 aliphatic heterocycles. The second-order valence-corrected chi connectivity index (χ2v) is 4.41. The quantitative estimate of drug-likeness (QED) is 0.723. The Hall–Kier alpha value is -2.38. The summed E-state index contributed by atoms with van der Waals surface area (Å²) in [6.07, 6.45) is 3.44. The third-order valence-electron chi connectivity index (χ3n) is 3.25. The zero-order valence-corrected chi connectivity index (χ0v) is 9.78. The van der Waals surface area contributed by atoms with Crippen LogP contribution in [0.5, 0.6) is 0 Å². The van der Waals surface area contributed by atoms with Crippen molar-refractivity contribution in [3.63, 3.8) is 0 Å². The molecule has 1 aromatic heterocycles. The molecule has 2 aliphatic rings. The highest BCUT2D eigenvalue weighted by atomic mass is 16.2. The number of carbonyl (C=O) groups is 2. The Morgan fingerprint density at radius 1 is 1.56 bits per heavy atom. The van der Waals surface area contributed by atoms with Gasteiger partial charge in [0.1, 0.15) is 0 Å². The molecule has 3 amide bonds. The number of likely N-dealkylation sites (N-methyl/N-ethyl adjacent to an activating group) is 1. The second-order valence-electron chi connectivity index (χ2n) is 4.41. The summed E-state index contributed by atoms with van der Waals surface area (Å²) < 4.78 is 1.49. The van der Waals surface area contributed by atoms with Crippen molar-refractivity contribution >= 4 is 17.6 Å². The first-order valence-corrected chi connectivity index (χ1v) is 5.51. The summed E-state index contributed by atoms with van der Waals surface area (Å²) in [4.78, 5) is 26.1. The zero-order chi connectivity index (χ0) is 12.9. The lowest BCUT2D eigenvalue weighted by Gasteiger charge is -2.20. The van der Waals surface area contributed by atoms with Gasteiger partial charge in [0.15, 0.2) is 5.69 Å². The van der Waals surface area contributed by atoms with Crippen molar-refractivity contribution in [3.8, 4) is 0 Å². The Bertz CT molecular complexity index is 562. The molecular weight excluding hydrogens is 236 g/mol. The number of nitrogens with zero attached hydrogens (tertiary/aromatic N) is 5. The van der Waals surface area contributed by atoms with Gasteiger partial charge in [-0.3, -0.25) is 4.79 Å². The van der Waals surface area contributed by atoms with Crippen molar-refractivity contribution in [2.75, 3.05) is 20.1 Å². The van der Waals surface area contributed by atoms with Gasteiger partial charge in [0.2, 0.25) is 0 Å². The van der Waals surface area contributed by atoms with E-state index < -0.39 is 5.91 Å². The Kier molecular flexibility index (Phi) is 2.12. The van der Waals surface area contributed by atoms with E-state index in [4.69, 9.17) is 5.73 Å². The minimum Gasteiger partial charge on any atom is -0.364 e. The molecule has 1 atom stereocenters. The lowest BCUT2D eigenvalue weighted by molar-refractivity contribution is 0.0995. The number of amides is 3. The smallest absolute Gasteiger partial charge is 0.320 e. The molecular formula is C10H12N6O2. The lowest BCUT2D eigenvalue weighted by Crippen LogP contribution is -2.31. The Morgan fingerprint density at radius 2 is 2.33 bits per heavy atom. The van der Waals surface area contributed by atoms with Crippen molar-refractivity contribution in [1.82, 2.24) is 24.8 Å². The summed E-state index contributed by atoms with van der Waals surface area (Å²) in [6, 6.07) is 0.0453. The maximum atomic E-state index is 11.8. The van der Waals surface area contributed by atoms with Gasteiger partial charge in [-0.1, -0.05) is 5.21 Å². The third-order valence-corrected chi connectivity index (χ3v) is 3.25. The van der Waals surface area contributed by atoms with Crippen LogP contribution in [-0.2, 0) is 0 Å². The first-order valence-electron chi connectivity index (χ1n) is 5.51. The molecule has 0 saturated carbocycles. The Labute approximate surface area is 103 Å². The third kappa shape index (κ3) is 1.45. The molecule has 0 spiro atoms. The van der Waals surface area contributed by atoms with Gasteiger partial charge in [-0.05, 0) is 6.08 Å². The van der Waals surface area contributed by atoms with Gasteiger partial charge < -0.3 is 15.5 Å². The first-order chi connectivity index (χ1) is 8.56. The van der Waals surface area contributed by atoms with Gasteiger partial charge in [-0.15, -0.1) is 5.10 Å². The van der Waals surface area contributed by atoms with Gasteiger partial charge >= 0.3 is 6.03 Å². The topological polar surface area (TPSA) is 97.3 Å². The number of fused-ring (bicyclic) bond motifs is 2. The van der Waals surface area contributed by atoms with Gasteiger partial charge in [0.05, 0.1) is 24.5 Å². The van der Waals surface area contributed by atoms with E-state index in [0.717, 1.165) is 5.70 Å². The number of carbonyl (C=O) groups excluding carboxylic acids is 2. The van der Waals surface area contributed by atoms with Crippen LogP contribution in [0.25, 0.3) is 5.70 Å². The molecule has 1 aromatic rings. The Morgan fingerprint density at radius 3 is 2.94 bits per heavy atom. The van der Waals surface area contributed by atoms with Gasteiger partial charge in [-0.2, -0.15) is 0 Å². The second kappa shape index (κ2) is 3.56. The van der Waals surface area contributed by atoms with Gasteiger partial charge in [0.25, 0.3) is 5.91 Å². The van der Waals surface area contributed by atoms with Crippen molar-refractivity contribution in [2.45, 2.75) is 6.04 Å². The largest absolute Gasteiger partial charge is 0.364 e. The van der Waals surface area contributed by atoms with Crippen LogP contribution in [0.1, 0.15) is 10.5 Å². The van der Waals surface area contributed by atoms with E-state index in [1.165, 1.54) is 10.9 Å². The fourth-order valence-corrected chi connectivity index (χ4v) is 2.22. The minimum atomic E-state index is -0.617. The van der Waals surface area contributed by atoms with E-state index in [9.17, 15) is 9.59 Å². The van der Waals surface area contributed by atoms with Crippen molar-refractivity contribution in [1.29, 1.82) is 0 Å². The number of rotatable bonds is 2. The highest BCUT2D eigenvalue weighted by Gasteiger charge is 2.37. The molecule has 18 heavy (non-hydrogen) atoms. The fraction of sp³-hybridized carbons (Fsp3) is 0.400. The maximum absolute atomic E-state index is 11.8.